The highest BCUT2D eigenvalue weighted by molar-refractivity contribution is 5.78. The summed E-state index contributed by atoms with van der Waals surface area (Å²) in [6.45, 7) is 4.85. The van der Waals surface area contributed by atoms with E-state index in [2.05, 4.69) is 4.90 Å². The smallest absolute Gasteiger partial charge is 0.236 e. The summed E-state index contributed by atoms with van der Waals surface area (Å²) in [6.07, 6.45) is 0.161. The predicted molar refractivity (Wildman–Crippen MR) is 74.7 cm³/mol. The molecule has 0 saturated carbocycles. The summed E-state index contributed by atoms with van der Waals surface area (Å²) in [7, 11) is 1.71. The van der Waals surface area contributed by atoms with E-state index in [9.17, 15) is 9.18 Å². The van der Waals surface area contributed by atoms with Crippen molar-refractivity contribution in [2.24, 2.45) is 0 Å². The minimum Gasteiger partial charge on any atom is -0.376 e. The summed E-state index contributed by atoms with van der Waals surface area (Å²) in [4.78, 5) is 15.8. The van der Waals surface area contributed by atoms with E-state index in [0.717, 1.165) is 13.1 Å². The van der Waals surface area contributed by atoms with Crippen LogP contribution in [0.4, 0.5) is 4.39 Å². The lowest BCUT2D eigenvalue weighted by atomic mass is 10.2. The largest absolute Gasteiger partial charge is 0.376 e. The Morgan fingerprint density at radius 2 is 2.25 bits per heavy atom. The molecule has 0 bridgehead atoms. The van der Waals surface area contributed by atoms with E-state index in [1.165, 1.54) is 6.07 Å². The summed E-state index contributed by atoms with van der Waals surface area (Å²) in [5, 5.41) is 0. The number of nitrogens with zero attached hydrogens (tertiary/aromatic N) is 2. The molecule has 1 saturated heterocycles. The average molecular weight is 280 g/mol. The zero-order valence-corrected chi connectivity index (χ0v) is 12.0. The van der Waals surface area contributed by atoms with E-state index in [0.29, 0.717) is 25.3 Å². The molecule has 1 heterocycles. The van der Waals surface area contributed by atoms with Crippen LogP contribution in [0.1, 0.15) is 12.5 Å². The first kappa shape index (κ1) is 14.9. The molecular formula is C15H21FN2O2. The highest BCUT2D eigenvalue weighted by Gasteiger charge is 2.20. The van der Waals surface area contributed by atoms with E-state index >= 15 is 0 Å². The first-order valence-electron chi connectivity index (χ1n) is 6.87. The number of benzene rings is 1. The normalized spacial score (nSPS) is 19.9. The van der Waals surface area contributed by atoms with Crippen LogP contribution >= 0.6 is 0 Å². The molecule has 5 heteroatoms. The van der Waals surface area contributed by atoms with Gasteiger partial charge in [0.25, 0.3) is 0 Å². The van der Waals surface area contributed by atoms with Crippen molar-refractivity contribution in [2.75, 3.05) is 33.3 Å². The van der Waals surface area contributed by atoms with Gasteiger partial charge >= 0.3 is 0 Å². The number of carbonyl (C=O) groups is 1. The number of morpholine rings is 1. The number of hydrogen-bond acceptors (Lipinski definition) is 3. The number of amides is 1. The van der Waals surface area contributed by atoms with Gasteiger partial charge in [0, 0.05) is 32.2 Å². The lowest BCUT2D eigenvalue weighted by Gasteiger charge is -2.31. The quantitative estimate of drug-likeness (QED) is 0.838. The molecule has 2 rings (SSSR count). The number of carbonyl (C=O) groups excluding carboxylic acids is 1. The van der Waals surface area contributed by atoms with E-state index in [1.807, 2.05) is 6.92 Å². The Hall–Kier alpha value is -1.46. The fraction of sp³-hybridized carbons (Fsp3) is 0.533. The molecule has 1 atom stereocenters. The Morgan fingerprint density at radius 1 is 1.50 bits per heavy atom. The Balaban J connectivity index is 1.87. The van der Waals surface area contributed by atoms with E-state index in [-0.39, 0.29) is 17.8 Å². The van der Waals surface area contributed by atoms with Crippen molar-refractivity contribution in [3.05, 3.63) is 35.6 Å². The van der Waals surface area contributed by atoms with Gasteiger partial charge in [-0.05, 0) is 13.0 Å². The second kappa shape index (κ2) is 6.81. The first-order chi connectivity index (χ1) is 9.56. The molecule has 4 nitrogen and oxygen atoms in total. The van der Waals surface area contributed by atoms with Crippen LogP contribution in [0.3, 0.4) is 0 Å². The van der Waals surface area contributed by atoms with Gasteiger partial charge in [-0.2, -0.15) is 0 Å². The Labute approximate surface area is 119 Å². The maximum Gasteiger partial charge on any atom is 0.236 e. The molecule has 1 aromatic carbocycles. The molecule has 1 aliphatic heterocycles. The summed E-state index contributed by atoms with van der Waals surface area (Å²) >= 11 is 0. The zero-order chi connectivity index (χ0) is 14.5. The molecule has 1 aromatic rings. The molecule has 0 spiro atoms. The van der Waals surface area contributed by atoms with Gasteiger partial charge in [-0.1, -0.05) is 18.2 Å². The fourth-order valence-electron chi connectivity index (χ4n) is 2.32. The Morgan fingerprint density at radius 3 is 2.95 bits per heavy atom. The first-order valence-corrected chi connectivity index (χ1v) is 6.87. The maximum atomic E-state index is 13.6. The molecule has 0 N–H and O–H groups in total. The van der Waals surface area contributed by atoms with Crippen LogP contribution in [0, 0.1) is 5.82 Å². The van der Waals surface area contributed by atoms with Crippen molar-refractivity contribution in [2.45, 2.75) is 19.6 Å². The van der Waals surface area contributed by atoms with Crippen LogP contribution in [-0.4, -0.2) is 55.1 Å². The van der Waals surface area contributed by atoms with Crippen LogP contribution in [0.25, 0.3) is 0 Å². The number of halogens is 1. The van der Waals surface area contributed by atoms with E-state index in [4.69, 9.17) is 4.74 Å². The van der Waals surface area contributed by atoms with Crippen LogP contribution in [-0.2, 0) is 16.1 Å². The van der Waals surface area contributed by atoms with Crippen molar-refractivity contribution in [1.82, 2.24) is 9.80 Å². The van der Waals surface area contributed by atoms with Crippen LogP contribution < -0.4 is 0 Å². The summed E-state index contributed by atoms with van der Waals surface area (Å²) in [5.41, 5.74) is 0.540. The van der Waals surface area contributed by atoms with Gasteiger partial charge < -0.3 is 9.64 Å². The lowest BCUT2D eigenvalue weighted by molar-refractivity contribution is -0.133. The molecule has 1 amide bonds. The third kappa shape index (κ3) is 4.02. The monoisotopic (exact) mass is 280 g/mol. The van der Waals surface area contributed by atoms with Crippen molar-refractivity contribution in [3.63, 3.8) is 0 Å². The molecule has 1 aliphatic rings. The average Bonchev–Trinajstić information content (AvgIpc) is 2.41. The third-order valence-corrected chi connectivity index (χ3v) is 3.48. The molecule has 20 heavy (non-hydrogen) atoms. The zero-order valence-electron chi connectivity index (χ0n) is 12.0. The van der Waals surface area contributed by atoms with Crippen LogP contribution in [0.15, 0.2) is 24.3 Å². The van der Waals surface area contributed by atoms with E-state index < -0.39 is 0 Å². The molecule has 0 radical (unpaired) electrons. The minimum atomic E-state index is -0.271. The predicted octanol–water partition coefficient (Wildman–Crippen LogP) is 1.50. The third-order valence-electron chi connectivity index (χ3n) is 3.48. The number of likely N-dealkylation sites (N-methyl/N-ethyl adjacent to an activating group) is 1. The summed E-state index contributed by atoms with van der Waals surface area (Å²) in [5.74, 6) is -0.269. The number of ether oxygens (including phenoxy) is 1. The van der Waals surface area contributed by atoms with Gasteiger partial charge in [-0.25, -0.2) is 4.39 Å². The second-order valence-electron chi connectivity index (χ2n) is 5.26. The van der Waals surface area contributed by atoms with Gasteiger partial charge in [0.2, 0.25) is 5.91 Å². The van der Waals surface area contributed by atoms with Crippen LogP contribution in [0.5, 0.6) is 0 Å². The highest BCUT2D eigenvalue weighted by Crippen LogP contribution is 2.10. The Bertz CT molecular complexity index is 467. The fourth-order valence-corrected chi connectivity index (χ4v) is 2.32. The van der Waals surface area contributed by atoms with Crippen molar-refractivity contribution in [3.8, 4) is 0 Å². The van der Waals surface area contributed by atoms with Gasteiger partial charge in [-0.15, -0.1) is 0 Å². The van der Waals surface area contributed by atoms with Gasteiger partial charge in [-0.3, -0.25) is 9.69 Å². The second-order valence-corrected chi connectivity index (χ2v) is 5.26. The Kier molecular flexibility index (Phi) is 5.09. The number of hydrogen-bond donors (Lipinski definition) is 0. The van der Waals surface area contributed by atoms with Gasteiger partial charge in [0.05, 0.1) is 19.3 Å². The van der Waals surface area contributed by atoms with Crippen molar-refractivity contribution >= 4 is 5.91 Å². The minimum absolute atomic E-state index is 0.00218. The highest BCUT2D eigenvalue weighted by atomic mass is 19.1. The van der Waals surface area contributed by atoms with Crippen molar-refractivity contribution < 1.29 is 13.9 Å². The topological polar surface area (TPSA) is 32.8 Å². The maximum absolute atomic E-state index is 13.6. The molecule has 0 aliphatic carbocycles. The lowest BCUT2D eigenvalue weighted by Crippen LogP contribution is -2.46. The molecule has 110 valence electrons. The molecule has 1 unspecified atom stereocenters. The SMILES string of the molecule is CC1CN(CC(=O)N(C)Cc2ccccc2F)CCO1. The molecule has 0 aromatic heterocycles. The van der Waals surface area contributed by atoms with E-state index in [1.54, 1.807) is 30.1 Å². The summed E-state index contributed by atoms with van der Waals surface area (Å²) in [6, 6.07) is 6.55. The van der Waals surface area contributed by atoms with Crippen molar-refractivity contribution in [1.29, 1.82) is 0 Å². The standard InChI is InChI=1S/C15H21FN2O2/c1-12-9-18(7-8-20-12)11-15(19)17(2)10-13-5-3-4-6-14(13)16/h3-6,12H,7-11H2,1-2H3. The molecule has 1 fully saturated rings. The van der Waals surface area contributed by atoms with Gasteiger partial charge in [0.1, 0.15) is 5.82 Å². The summed E-state index contributed by atoms with van der Waals surface area (Å²) < 4.78 is 19.0. The molecular weight excluding hydrogens is 259 g/mol. The van der Waals surface area contributed by atoms with Crippen LogP contribution in [0.2, 0.25) is 0 Å². The number of rotatable bonds is 4. The van der Waals surface area contributed by atoms with Gasteiger partial charge in [0.15, 0.2) is 0 Å².